The lowest BCUT2D eigenvalue weighted by atomic mass is 9.84. The van der Waals surface area contributed by atoms with Crippen LogP contribution in [-0.4, -0.2) is 61.8 Å². The first-order chi connectivity index (χ1) is 13.8. The Labute approximate surface area is 170 Å². The molecule has 0 bridgehead atoms. The van der Waals surface area contributed by atoms with Crippen LogP contribution in [0.2, 0.25) is 0 Å². The number of fused-ring (bicyclic) bond motifs is 1. The zero-order valence-corrected chi connectivity index (χ0v) is 17.7. The SMILES string of the molecule is CCCCNC1CCC(CCN2CCN(c3nccc4c3OCC4)CC2)CC1. The number of anilines is 1. The second-order valence-corrected chi connectivity index (χ2v) is 8.86. The molecule has 1 saturated heterocycles. The Morgan fingerprint density at radius 1 is 1.14 bits per heavy atom. The third-order valence-electron chi connectivity index (χ3n) is 6.92. The molecule has 5 nitrogen and oxygen atoms in total. The Morgan fingerprint density at radius 2 is 1.96 bits per heavy atom. The lowest BCUT2D eigenvalue weighted by Crippen LogP contribution is -2.47. The van der Waals surface area contributed by atoms with Gasteiger partial charge in [0.2, 0.25) is 0 Å². The van der Waals surface area contributed by atoms with E-state index >= 15 is 0 Å². The van der Waals surface area contributed by atoms with E-state index in [2.05, 4.69) is 33.1 Å². The standard InChI is InChI=1S/C23H38N4O/c1-2-3-11-24-21-6-4-19(5-7-21)9-13-26-14-16-27(17-15-26)23-22-20(8-12-25-23)10-18-28-22/h8,12,19,21,24H,2-7,9-11,13-18H2,1H3. The highest BCUT2D eigenvalue weighted by Gasteiger charge is 2.26. The molecule has 2 fully saturated rings. The Morgan fingerprint density at radius 3 is 2.75 bits per heavy atom. The largest absolute Gasteiger partial charge is 0.489 e. The van der Waals surface area contributed by atoms with E-state index in [1.54, 1.807) is 0 Å². The maximum atomic E-state index is 5.85. The quantitative estimate of drug-likeness (QED) is 0.693. The summed E-state index contributed by atoms with van der Waals surface area (Å²) in [6.07, 6.45) is 12.6. The molecule has 4 rings (SSSR count). The van der Waals surface area contributed by atoms with Crippen molar-refractivity contribution < 1.29 is 4.74 Å². The minimum atomic E-state index is 0.786. The van der Waals surface area contributed by atoms with Gasteiger partial charge >= 0.3 is 0 Å². The van der Waals surface area contributed by atoms with Crippen LogP contribution in [0, 0.1) is 5.92 Å². The van der Waals surface area contributed by atoms with Crippen LogP contribution in [-0.2, 0) is 6.42 Å². The molecule has 0 spiro atoms. The molecule has 1 aliphatic carbocycles. The molecule has 0 amide bonds. The van der Waals surface area contributed by atoms with Gasteiger partial charge in [-0.2, -0.15) is 0 Å². The van der Waals surface area contributed by atoms with E-state index in [0.29, 0.717) is 0 Å². The molecule has 1 aromatic rings. The van der Waals surface area contributed by atoms with Gasteiger partial charge in [0.05, 0.1) is 6.61 Å². The van der Waals surface area contributed by atoms with Gasteiger partial charge in [-0.15, -0.1) is 0 Å². The summed E-state index contributed by atoms with van der Waals surface area (Å²) < 4.78 is 5.85. The Kier molecular flexibility index (Phi) is 7.08. The molecular formula is C23H38N4O. The van der Waals surface area contributed by atoms with Crippen molar-refractivity contribution in [2.75, 3.05) is 50.8 Å². The normalized spacial score (nSPS) is 25.5. The summed E-state index contributed by atoms with van der Waals surface area (Å²) in [4.78, 5) is 9.71. The molecule has 5 heteroatoms. The average molecular weight is 387 g/mol. The summed E-state index contributed by atoms with van der Waals surface area (Å²) in [5.41, 5.74) is 1.33. The van der Waals surface area contributed by atoms with Crippen molar-refractivity contribution in [3.05, 3.63) is 17.8 Å². The van der Waals surface area contributed by atoms with Gasteiger partial charge in [0.1, 0.15) is 0 Å². The van der Waals surface area contributed by atoms with Crippen LogP contribution < -0.4 is 15.0 Å². The van der Waals surface area contributed by atoms with Gasteiger partial charge in [0, 0.05) is 50.4 Å². The fourth-order valence-electron chi connectivity index (χ4n) is 5.00. The number of piperazine rings is 1. The van der Waals surface area contributed by atoms with E-state index in [1.165, 1.54) is 63.6 Å². The Bertz CT molecular complexity index is 607. The third kappa shape index (κ3) is 4.98. The van der Waals surface area contributed by atoms with Crippen molar-refractivity contribution in [1.82, 2.24) is 15.2 Å². The molecule has 156 valence electrons. The van der Waals surface area contributed by atoms with Crippen LogP contribution in [0.25, 0.3) is 0 Å². The molecule has 0 aromatic carbocycles. The first-order valence-corrected chi connectivity index (χ1v) is 11.6. The summed E-state index contributed by atoms with van der Waals surface area (Å²) in [5, 5.41) is 3.75. The highest BCUT2D eigenvalue weighted by atomic mass is 16.5. The fraction of sp³-hybridized carbons (Fsp3) is 0.783. The molecule has 3 aliphatic rings. The fourth-order valence-corrected chi connectivity index (χ4v) is 5.00. The number of aromatic nitrogens is 1. The van der Waals surface area contributed by atoms with Crippen LogP contribution in [0.5, 0.6) is 5.75 Å². The molecule has 0 atom stereocenters. The second kappa shape index (κ2) is 9.93. The lowest BCUT2D eigenvalue weighted by Gasteiger charge is -2.37. The molecule has 1 saturated carbocycles. The van der Waals surface area contributed by atoms with Crippen molar-refractivity contribution in [2.24, 2.45) is 5.92 Å². The molecule has 1 N–H and O–H groups in total. The van der Waals surface area contributed by atoms with Gasteiger partial charge in [-0.1, -0.05) is 13.3 Å². The van der Waals surface area contributed by atoms with Gasteiger partial charge in [-0.3, -0.25) is 4.90 Å². The molecular weight excluding hydrogens is 348 g/mol. The van der Waals surface area contributed by atoms with Crippen LogP contribution in [0.1, 0.15) is 57.4 Å². The van der Waals surface area contributed by atoms with E-state index in [9.17, 15) is 0 Å². The van der Waals surface area contributed by atoms with Crippen LogP contribution in [0.15, 0.2) is 12.3 Å². The number of rotatable bonds is 8. The zero-order valence-electron chi connectivity index (χ0n) is 17.7. The van der Waals surface area contributed by atoms with Gasteiger partial charge in [0.15, 0.2) is 11.6 Å². The van der Waals surface area contributed by atoms with Crippen molar-refractivity contribution in [2.45, 2.75) is 64.3 Å². The van der Waals surface area contributed by atoms with E-state index in [0.717, 1.165) is 62.7 Å². The Hall–Kier alpha value is -1.33. The van der Waals surface area contributed by atoms with Crippen molar-refractivity contribution in [3.8, 4) is 5.75 Å². The van der Waals surface area contributed by atoms with Gasteiger partial charge in [0.25, 0.3) is 0 Å². The molecule has 0 radical (unpaired) electrons. The van der Waals surface area contributed by atoms with Gasteiger partial charge < -0.3 is 15.0 Å². The molecule has 1 aromatic heterocycles. The smallest absolute Gasteiger partial charge is 0.171 e. The average Bonchev–Trinajstić information content (AvgIpc) is 3.23. The summed E-state index contributed by atoms with van der Waals surface area (Å²) in [6, 6.07) is 2.89. The van der Waals surface area contributed by atoms with E-state index < -0.39 is 0 Å². The molecule has 3 heterocycles. The Balaban J connectivity index is 1.16. The predicted octanol–water partition coefficient (Wildman–Crippen LogP) is 3.48. The molecule has 2 aliphatic heterocycles. The highest BCUT2D eigenvalue weighted by molar-refractivity contribution is 5.58. The highest BCUT2D eigenvalue weighted by Crippen LogP contribution is 2.34. The van der Waals surface area contributed by atoms with Crippen molar-refractivity contribution in [1.29, 1.82) is 0 Å². The lowest BCUT2D eigenvalue weighted by molar-refractivity contribution is 0.210. The number of unbranched alkanes of at least 4 members (excludes halogenated alkanes) is 1. The predicted molar refractivity (Wildman–Crippen MR) is 115 cm³/mol. The van der Waals surface area contributed by atoms with Crippen molar-refractivity contribution >= 4 is 5.82 Å². The topological polar surface area (TPSA) is 40.6 Å². The zero-order chi connectivity index (χ0) is 19.2. The monoisotopic (exact) mass is 386 g/mol. The minimum Gasteiger partial charge on any atom is -0.489 e. The maximum Gasteiger partial charge on any atom is 0.171 e. The van der Waals surface area contributed by atoms with Gasteiger partial charge in [-0.25, -0.2) is 4.98 Å². The summed E-state index contributed by atoms with van der Waals surface area (Å²) >= 11 is 0. The van der Waals surface area contributed by atoms with Crippen LogP contribution >= 0.6 is 0 Å². The number of hydrogen-bond donors (Lipinski definition) is 1. The van der Waals surface area contributed by atoms with Crippen LogP contribution in [0.4, 0.5) is 5.82 Å². The third-order valence-corrected chi connectivity index (χ3v) is 6.92. The number of nitrogens with zero attached hydrogens (tertiary/aromatic N) is 3. The number of hydrogen-bond acceptors (Lipinski definition) is 5. The van der Waals surface area contributed by atoms with Crippen LogP contribution in [0.3, 0.4) is 0 Å². The van der Waals surface area contributed by atoms with Gasteiger partial charge in [-0.05, 0) is 63.6 Å². The number of pyridine rings is 1. The summed E-state index contributed by atoms with van der Waals surface area (Å²) in [5.74, 6) is 3.05. The summed E-state index contributed by atoms with van der Waals surface area (Å²) in [6.45, 7) is 10.0. The first-order valence-electron chi connectivity index (χ1n) is 11.6. The first kappa shape index (κ1) is 20.0. The number of ether oxygens (including phenoxy) is 1. The summed E-state index contributed by atoms with van der Waals surface area (Å²) in [7, 11) is 0. The van der Waals surface area contributed by atoms with E-state index in [1.807, 2.05) is 6.20 Å². The number of nitrogens with one attached hydrogen (secondary N) is 1. The minimum absolute atomic E-state index is 0.786. The van der Waals surface area contributed by atoms with E-state index in [4.69, 9.17) is 4.74 Å². The second-order valence-electron chi connectivity index (χ2n) is 8.86. The van der Waals surface area contributed by atoms with E-state index in [-0.39, 0.29) is 0 Å². The molecule has 28 heavy (non-hydrogen) atoms. The van der Waals surface area contributed by atoms with Crippen molar-refractivity contribution in [3.63, 3.8) is 0 Å². The maximum absolute atomic E-state index is 5.85. The molecule has 0 unspecified atom stereocenters.